The minimum Gasteiger partial charge on any atom is -0.491 e. The fourth-order valence-electron chi connectivity index (χ4n) is 2.42. The number of nitrogens with one attached hydrogen (secondary N) is 1. The lowest BCUT2D eigenvalue weighted by Gasteiger charge is -2.28. The summed E-state index contributed by atoms with van der Waals surface area (Å²) in [5, 5.41) is 12.3. The molecule has 0 fully saturated rings. The molecule has 0 aliphatic rings. The summed E-state index contributed by atoms with van der Waals surface area (Å²) in [7, 11) is 0. The first-order chi connectivity index (χ1) is 11.9. The Kier molecular flexibility index (Phi) is 8.44. The van der Waals surface area contributed by atoms with E-state index < -0.39 is 5.60 Å². The lowest BCUT2D eigenvalue weighted by molar-refractivity contribution is -0.140. The molecule has 1 N–H and O–H groups in total. The van der Waals surface area contributed by atoms with Crippen molar-refractivity contribution >= 4 is 11.6 Å². The lowest BCUT2D eigenvalue weighted by atomic mass is 9.98. The Hall–Kier alpha value is -2.06. The van der Waals surface area contributed by atoms with E-state index in [1.54, 1.807) is 25.1 Å². The molecule has 0 saturated carbocycles. The first-order valence-corrected chi connectivity index (χ1v) is 9.06. The van der Waals surface area contributed by atoms with Gasteiger partial charge in [-0.05, 0) is 45.2 Å². The highest BCUT2D eigenvalue weighted by atomic mass is 16.5. The van der Waals surface area contributed by atoms with E-state index in [1.807, 2.05) is 27.7 Å². The Bertz CT molecular complexity index is 609. The van der Waals surface area contributed by atoms with E-state index in [1.165, 1.54) is 0 Å². The van der Waals surface area contributed by atoms with Crippen molar-refractivity contribution in [1.82, 2.24) is 0 Å². The highest BCUT2D eigenvalue weighted by Crippen LogP contribution is 2.26. The van der Waals surface area contributed by atoms with Crippen molar-refractivity contribution in [1.29, 1.82) is 5.26 Å². The van der Waals surface area contributed by atoms with Crippen LogP contribution in [0.25, 0.3) is 0 Å². The third kappa shape index (κ3) is 6.06. The number of ether oxygens (including phenoxy) is 2. The second-order valence-corrected chi connectivity index (χ2v) is 6.44. The van der Waals surface area contributed by atoms with Crippen molar-refractivity contribution in [3.05, 3.63) is 23.8 Å². The predicted octanol–water partition coefficient (Wildman–Crippen LogP) is 4.66. The average Bonchev–Trinajstić information content (AvgIpc) is 2.61. The number of nitriles is 1. The highest BCUT2D eigenvalue weighted by molar-refractivity contribution is 5.98. The molecule has 1 aromatic rings. The van der Waals surface area contributed by atoms with Gasteiger partial charge in [-0.3, -0.25) is 4.79 Å². The maximum absolute atomic E-state index is 12.7. The van der Waals surface area contributed by atoms with E-state index >= 15 is 0 Å². The minimum absolute atomic E-state index is 0.0715. The fraction of sp³-hybridized carbons (Fsp3) is 0.600. The van der Waals surface area contributed by atoms with E-state index in [4.69, 9.17) is 9.47 Å². The van der Waals surface area contributed by atoms with Gasteiger partial charge in [-0.1, -0.05) is 27.2 Å². The van der Waals surface area contributed by atoms with E-state index in [-0.39, 0.29) is 12.0 Å². The summed E-state index contributed by atoms with van der Waals surface area (Å²) in [4.78, 5) is 12.7. The highest BCUT2D eigenvalue weighted by Gasteiger charge is 2.33. The molecule has 0 aromatic heterocycles. The second-order valence-electron chi connectivity index (χ2n) is 6.44. The van der Waals surface area contributed by atoms with Crippen LogP contribution in [0.3, 0.4) is 0 Å². The van der Waals surface area contributed by atoms with Gasteiger partial charge >= 0.3 is 0 Å². The number of nitrogens with zero attached hydrogens (tertiary/aromatic N) is 1. The SMILES string of the molecule is CCCO[C@](C)(CCC)C(=O)Nc1ccc(O[C@@H](C)CC)cc1C#N. The van der Waals surface area contributed by atoms with Crippen molar-refractivity contribution in [2.45, 2.75) is 72.0 Å². The summed E-state index contributed by atoms with van der Waals surface area (Å²) in [5.41, 5.74) is -0.0430. The van der Waals surface area contributed by atoms with Crippen LogP contribution in [0, 0.1) is 11.3 Å². The van der Waals surface area contributed by atoms with Gasteiger partial charge in [0.05, 0.1) is 17.4 Å². The van der Waals surface area contributed by atoms with E-state index in [0.717, 1.165) is 19.3 Å². The number of hydrogen-bond donors (Lipinski definition) is 1. The molecule has 5 nitrogen and oxygen atoms in total. The van der Waals surface area contributed by atoms with E-state index in [9.17, 15) is 10.1 Å². The number of amides is 1. The van der Waals surface area contributed by atoms with E-state index in [0.29, 0.717) is 30.0 Å². The van der Waals surface area contributed by atoms with Gasteiger partial charge < -0.3 is 14.8 Å². The Labute approximate surface area is 151 Å². The molecule has 0 spiro atoms. The number of hydrogen-bond acceptors (Lipinski definition) is 4. The van der Waals surface area contributed by atoms with Gasteiger partial charge in [0.1, 0.15) is 17.4 Å². The van der Waals surface area contributed by atoms with Crippen molar-refractivity contribution in [3.8, 4) is 11.8 Å². The Morgan fingerprint density at radius 2 is 2.04 bits per heavy atom. The molecule has 5 heteroatoms. The smallest absolute Gasteiger partial charge is 0.256 e. The molecule has 138 valence electrons. The molecule has 0 radical (unpaired) electrons. The molecule has 0 aliphatic carbocycles. The van der Waals surface area contributed by atoms with Crippen molar-refractivity contribution in [3.63, 3.8) is 0 Å². The molecule has 0 aliphatic heterocycles. The second kappa shape index (κ2) is 10.0. The zero-order chi connectivity index (χ0) is 18.9. The minimum atomic E-state index is -0.899. The maximum atomic E-state index is 12.7. The van der Waals surface area contributed by atoms with Crippen LogP contribution in [0.4, 0.5) is 5.69 Å². The molecule has 0 heterocycles. The number of carbonyl (C=O) groups excluding carboxylic acids is 1. The van der Waals surface area contributed by atoms with Gasteiger partial charge in [0.25, 0.3) is 5.91 Å². The third-order valence-electron chi connectivity index (χ3n) is 4.10. The molecule has 0 saturated heterocycles. The average molecular weight is 346 g/mol. The number of anilines is 1. The molecule has 1 rings (SSSR count). The summed E-state index contributed by atoms with van der Waals surface area (Å²) < 4.78 is 11.5. The molecule has 25 heavy (non-hydrogen) atoms. The number of benzene rings is 1. The zero-order valence-electron chi connectivity index (χ0n) is 16.0. The normalized spacial score (nSPS) is 14.2. The van der Waals surface area contributed by atoms with Crippen LogP contribution in [-0.2, 0) is 9.53 Å². The summed E-state index contributed by atoms with van der Waals surface area (Å²) >= 11 is 0. The standard InChI is InChI=1S/C20H30N2O3/c1-6-11-20(5,24-12-7-2)19(23)22-18-10-9-17(13-16(18)14-21)25-15(4)8-3/h9-10,13,15H,6-8,11-12H2,1-5H3,(H,22,23)/t15-,20+/m0/s1. The van der Waals surface area contributed by atoms with Crippen molar-refractivity contribution in [2.75, 3.05) is 11.9 Å². The Morgan fingerprint density at radius 1 is 1.32 bits per heavy atom. The Balaban J connectivity index is 2.96. The topological polar surface area (TPSA) is 71.3 Å². The van der Waals surface area contributed by atoms with Crippen molar-refractivity contribution < 1.29 is 14.3 Å². The largest absolute Gasteiger partial charge is 0.491 e. The first kappa shape index (κ1) is 21.0. The summed E-state index contributed by atoms with van der Waals surface area (Å²) in [6, 6.07) is 7.26. The van der Waals surface area contributed by atoms with Crippen LogP contribution in [0.2, 0.25) is 0 Å². The zero-order valence-corrected chi connectivity index (χ0v) is 16.0. The molecular weight excluding hydrogens is 316 g/mol. The predicted molar refractivity (Wildman–Crippen MR) is 99.7 cm³/mol. The maximum Gasteiger partial charge on any atom is 0.256 e. The number of rotatable bonds is 10. The van der Waals surface area contributed by atoms with Gasteiger partial charge in [-0.15, -0.1) is 0 Å². The van der Waals surface area contributed by atoms with Crippen LogP contribution in [0.1, 0.15) is 65.9 Å². The lowest BCUT2D eigenvalue weighted by Crippen LogP contribution is -2.43. The third-order valence-corrected chi connectivity index (χ3v) is 4.10. The molecular formula is C20H30N2O3. The molecule has 2 atom stereocenters. The summed E-state index contributed by atoms with van der Waals surface area (Å²) in [5.74, 6) is 0.400. The van der Waals surface area contributed by atoms with Gasteiger partial charge in [0, 0.05) is 12.7 Å². The molecule has 1 amide bonds. The van der Waals surface area contributed by atoms with Crippen LogP contribution < -0.4 is 10.1 Å². The van der Waals surface area contributed by atoms with Gasteiger partial charge in [-0.25, -0.2) is 0 Å². The van der Waals surface area contributed by atoms with Crippen LogP contribution in [0.5, 0.6) is 5.75 Å². The Morgan fingerprint density at radius 3 is 2.60 bits per heavy atom. The summed E-state index contributed by atoms with van der Waals surface area (Å²) in [6.45, 7) is 10.4. The molecule has 0 unspecified atom stereocenters. The van der Waals surface area contributed by atoms with Gasteiger partial charge in [0.2, 0.25) is 0 Å². The van der Waals surface area contributed by atoms with Gasteiger partial charge in [0.15, 0.2) is 0 Å². The summed E-state index contributed by atoms with van der Waals surface area (Å²) in [6.07, 6.45) is 3.25. The fourth-order valence-corrected chi connectivity index (χ4v) is 2.42. The van der Waals surface area contributed by atoms with Crippen LogP contribution in [-0.4, -0.2) is 24.2 Å². The van der Waals surface area contributed by atoms with Crippen LogP contribution in [0.15, 0.2) is 18.2 Å². The quantitative estimate of drug-likeness (QED) is 0.669. The molecule has 0 bridgehead atoms. The monoisotopic (exact) mass is 346 g/mol. The number of carbonyl (C=O) groups is 1. The van der Waals surface area contributed by atoms with E-state index in [2.05, 4.69) is 11.4 Å². The van der Waals surface area contributed by atoms with Crippen LogP contribution >= 0.6 is 0 Å². The van der Waals surface area contributed by atoms with Crippen molar-refractivity contribution in [2.24, 2.45) is 0 Å². The van der Waals surface area contributed by atoms with Gasteiger partial charge in [-0.2, -0.15) is 5.26 Å². The first-order valence-electron chi connectivity index (χ1n) is 9.06. The molecule has 1 aromatic carbocycles.